The van der Waals surface area contributed by atoms with Crippen LogP contribution in [0.1, 0.15) is 69.4 Å². The van der Waals surface area contributed by atoms with Crippen LogP contribution < -0.4 is 20.7 Å². The van der Waals surface area contributed by atoms with E-state index in [4.69, 9.17) is 9.26 Å². The van der Waals surface area contributed by atoms with Gasteiger partial charge in [0.25, 0.3) is 5.91 Å². The fourth-order valence-electron chi connectivity index (χ4n) is 3.37. The standard InChI is InChI=1S/C24H35N5O3/c1-4-18(5-2)22-13-21(32-29-22)15-27-24(25-6-3)26-14-17-8-7-9-20(12-17)31-16-23(30)28-19-10-11-19/h7-9,12-13,18-19H,4-6,10-11,14-16H2,1-3H3,(H,28,30)(H2,25,26,27). The van der Waals surface area contributed by atoms with Crippen molar-refractivity contribution >= 4 is 11.9 Å². The molecule has 1 aliphatic rings. The first-order valence-corrected chi connectivity index (χ1v) is 11.6. The molecule has 0 spiro atoms. The third kappa shape index (κ3) is 7.59. The molecular formula is C24H35N5O3. The van der Waals surface area contributed by atoms with Gasteiger partial charge in [0.05, 0.1) is 18.8 Å². The Morgan fingerprint density at radius 2 is 2.03 bits per heavy atom. The minimum Gasteiger partial charge on any atom is -0.484 e. The minimum atomic E-state index is -0.0747. The van der Waals surface area contributed by atoms with Crippen LogP contribution >= 0.6 is 0 Å². The zero-order chi connectivity index (χ0) is 22.8. The zero-order valence-electron chi connectivity index (χ0n) is 19.3. The van der Waals surface area contributed by atoms with Gasteiger partial charge in [-0.1, -0.05) is 31.1 Å². The normalized spacial score (nSPS) is 13.8. The Balaban J connectivity index is 1.52. The topological polar surface area (TPSA) is 101 Å². The maximum atomic E-state index is 11.8. The van der Waals surface area contributed by atoms with Gasteiger partial charge in [0, 0.05) is 24.6 Å². The fraction of sp³-hybridized carbons (Fsp3) is 0.542. The van der Waals surface area contributed by atoms with Gasteiger partial charge in [-0.2, -0.15) is 0 Å². The monoisotopic (exact) mass is 441 g/mol. The van der Waals surface area contributed by atoms with Gasteiger partial charge in [-0.25, -0.2) is 4.99 Å². The SMILES string of the molecule is CCNC(=NCc1cccc(OCC(=O)NC2CC2)c1)NCc1cc(C(CC)CC)no1. The smallest absolute Gasteiger partial charge is 0.258 e. The van der Waals surface area contributed by atoms with Gasteiger partial charge in [-0.15, -0.1) is 0 Å². The van der Waals surface area contributed by atoms with Crippen molar-refractivity contribution in [3.05, 3.63) is 47.3 Å². The number of carbonyl (C=O) groups is 1. The van der Waals surface area contributed by atoms with E-state index in [-0.39, 0.29) is 12.5 Å². The molecule has 174 valence electrons. The molecule has 8 heteroatoms. The quantitative estimate of drug-likeness (QED) is 0.344. The van der Waals surface area contributed by atoms with Gasteiger partial charge in [-0.05, 0) is 50.3 Å². The highest BCUT2D eigenvalue weighted by Gasteiger charge is 2.23. The molecule has 1 aromatic heterocycles. The van der Waals surface area contributed by atoms with Gasteiger partial charge in [0.1, 0.15) is 5.75 Å². The number of nitrogens with one attached hydrogen (secondary N) is 3. The number of nitrogens with zero attached hydrogens (tertiary/aromatic N) is 2. The van der Waals surface area contributed by atoms with E-state index in [1.54, 1.807) is 0 Å². The number of ether oxygens (including phenoxy) is 1. The summed E-state index contributed by atoms with van der Waals surface area (Å²) in [6, 6.07) is 10.0. The summed E-state index contributed by atoms with van der Waals surface area (Å²) in [5.41, 5.74) is 2.01. The molecule has 0 radical (unpaired) electrons. The number of benzene rings is 1. The zero-order valence-corrected chi connectivity index (χ0v) is 19.3. The largest absolute Gasteiger partial charge is 0.484 e. The Bertz CT molecular complexity index is 887. The average molecular weight is 442 g/mol. The molecule has 1 saturated carbocycles. The highest BCUT2D eigenvalue weighted by atomic mass is 16.5. The first kappa shape index (κ1) is 23.6. The van der Waals surface area contributed by atoms with E-state index in [0.717, 1.165) is 49.2 Å². The number of hydrogen-bond donors (Lipinski definition) is 3. The van der Waals surface area contributed by atoms with Crippen molar-refractivity contribution in [3.8, 4) is 5.75 Å². The highest BCUT2D eigenvalue weighted by molar-refractivity contribution is 5.79. The molecular weight excluding hydrogens is 406 g/mol. The Morgan fingerprint density at radius 3 is 2.75 bits per heavy atom. The van der Waals surface area contributed by atoms with E-state index < -0.39 is 0 Å². The lowest BCUT2D eigenvalue weighted by molar-refractivity contribution is -0.123. The molecule has 3 rings (SSSR count). The molecule has 3 N–H and O–H groups in total. The molecule has 1 heterocycles. The lowest BCUT2D eigenvalue weighted by atomic mass is 9.99. The Labute approximate surface area is 190 Å². The van der Waals surface area contributed by atoms with Crippen LogP contribution in [0.3, 0.4) is 0 Å². The van der Waals surface area contributed by atoms with E-state index >= 15 is 0 Å². The van der Waals surface area contributed by atoms with Gasteiger partial charge < -0.3 is 25.2 Å². The second-order valence-corrected chi connectivity index (χ2v) is 8.06. The fourth-order valence-corrected chi connectivity index (χ4v) is 3.37. The summed E-state index contributed by atoms with van der Waals surface area (Å²) in [4.78, 5) is 16.5. The number of guanidine groups is 1. The molecule has 0 aliphatic heterocycles. The maximum absolute atomic E-state index is 11.8. The van der Waals surface area contributed by atoms with Gasteiger partial charge in [-0.3, -0.25) is 4.79 Å². The second-order valence-electron chi connectivity index (χ2n) is 8.06. The third-order valence-corrected chi connectivity index (χ3v) is 5.39. The van der Waals surface area contributed by atoms with Crippen LogP contribution in [0, 0.1) is 0 Å². The van der Waals surface area contributed by atoms with Crippen LogP contribution in [0.5, 0.6) is 5.75 Å². The van der Waals surface area contributed by atoms with E-state index in [9.17, 15) is 4.79 Å². The molecule has 0 bridgehead atoms. The number of amides is 1. The lowest BCUT2D eigenvalue weighted by Crippen LogP contribution is -2.36. The number of aliphatic imine (C=N–C) groups is 1. The van der Waals surface area contributed by atoms with Crippen molar-refractivity contribution in [2.75, 3.05) is 13.2 Å². The van der Waals surface area contributed by atoms with Gasteiger partial charge >= 0.3 is 0 Å². The highest BCUT2D eigenvalue weighted by Crippen LogP contribution is 2.22. The Kier molecular flexibility index (Phi) is 8.95. The molecule has 1 aliphatic carbocycles. The van der Waals surface area contributed by atoms with Crippen molar-refractivity contribution in [1.82, 2.24) is 21.1 Å². The number of hydrogen-bond acceptors (Lipinski definition) is 5. The lowest BCUT2D eigenvalue weighted by Gasteiger charge is -2.11. The minimum absolute atomic E-state index is 0.0313. The summed E-state index contributed by atoms with van der Waals surface area (Å²) >= 11 is 0. The number of aromatic nitrogens is 1. The van der Waals surface area contributed by atoms with Crippen LogP contribution in [0.25, 0.3) is 0 Å². The van der Waals surface area contributed by atoms with Crippen molar-refractivity contribution in [2.45, 2.75) is 71.5 Å². The van der Waals surface area contributed by atoms with E-state index in [2.05, 4.69) is 39.9 Å². The summed E-state index contributed by atoms with van der Waals surface area (Å²) in [6.45, 7) is 8.13. The van der Waals surface area contributed by atoms with Crippen LogP contribution in [-0.4, -0.2) is 36.2 Å². The van der Waals surface area contributed by atoms with Crippen LogP contribution in [-0.2, 0) is 17.9 Å². The first-order chi connectivity index (χ1) is 15.6. The van der Waals surface area contributed by atoms with E-state index in [0.29, 0.717) is 36.8 Å². The van der Waals surface area contributed by atoms with E-state index in [1.165, 1.54) is 0 Å². The second kappa shape index (κ2) is 12.1. The van der Waals surface area contributed by atoms with Crippen molar-refractivity contribution in [2.24, 2.45) is 4.99 Å². The predicted octanol–water partition coefficient (Wildman–Crippen LogP) is 3.49. The Hall–Kier alpha value is -3.03. The third-order valence-electron chi connectivity index (χ3n) is 5.39. The predicted molar refractivity (Wildman–Crippen MR) is 125 cm³/mol. The molecule has 0 atom stereocenters. The van der Waals surface area contributed by atoms with Crippen LogP contribution in [0.4, 0.5) is 0 Å². The van der Waals surface area contributed by atoms with Crippen molar-refractivity contribution < 1.29 is 14.1 Å². The molecule has 8 nitrogen and oxygen atoms in total. The van der Waals surface area contributed by atoms with Crippen LogP contribution in [0.2, 0.25) is 0 Å². The average Bonchev–Trinajstić information content (AvgIpc) is 3.49. The van der Waals surface area contributed by atoms with Crippen molar-refractivity contribution in [1.29, 1.82) is 0 Å². The summed E-state index contributed by atoms with van der Waals surface area (Å²) < 4.78 is 11.1. The molecule has 1 aromatic carbocycles. The summed E-state index contributed by atoms with van der Waals surface area (Å²) in [5, 5.41) is 13.7. The maximum Gasteiger partial charge on any atom is 0.258 e. The molecule has 0 unspecified atom stereocenters. The number of rotatable bonds is 12. The first-order valence-electron chi connectivity index (χ1n) is 11.6. The molecule has 0 saturated heterocycles. The molecule has 32 heavy (non-hydrogen) atoms. The molecule has 1 fully saturated rings. The number of carbonyl (C=O) groups excluding carboxylic acids is 1. The van der Waals surface area contributed by atoms with Crippen molar-refractivity contribution in [3.63, 3.8) is 0 Å². The molecule has 2 aromatic rings. The Morgan fingerprint density at radius 1 is 1.22 bits per heavy atom. The summed E-state index contributed by atoms with van der Waals surface area (Å²) in [6.07, 6.45) is 4.23. The summed E-state index contributed by atoms with van der Waals surface area (Å²) in [5.74, 6) is 2.51. The van der Waals surface area contributed by atoms with Crippen LogP contribution in [0.15, 0.2) is 39.8 Å². The van der Waals surface area contributed by atoms with E-state index in [1.807, 2.05) is 37.3 Å². The van der Waals surface area contributed by atoms with Gasteiger partial charge in [0.15, 0.2) is 18.3 Å². The van der Waals surface area contributed by atoms with Gasteiger partial charge in [0.2, 0.25) is 0 Å². The summed E-state index contributed by atoms with van der Waals surface area (Å²) in [7, 11) is 0. The molecule has 1 amide bonds.